The summed E-state index contributed by atoms with van der Waals surface area (Å²) in [5, 5.41) is 12.5. The van der Waals surface area contributed by atoms with E-state index in [4.69, 9.17) is 0 Å². The largest absolute Gasteiger partial charge is 0.356 e. The lowest BCUT2D eigenvalue weighted by Gasteiger charge is -2.47. The molecule has 0 aliphatic carbocycles. The van der Waals surface area contributed by atoms with Crippen molar-refractivity contribution in [1.82, 2.24) is 14.8 Å². The predicted molar refractivity (Wildman–Crippen MR) is 134 cm³/mol. The maximum atomic E-state index is 13.8. The monoisotopic (exact) mass is 498 g/mol. The molecule has 1 fully saturated rings. The zero-order valence-electron chi connectivity index (χ0n) is 19.8. The first-order chi connectivity index (χ1) is 17.9. The number of benzene rings is 3. The van der Waals surface area contributed by atoms with Crippen LogP contribution in [0, 0.1) is 15.9 Å². The van der Waals surface area contributed by atoms with Crippen molar-refractivity contribution in [3.8, 4) is 0 Å². The molecular formula is C28H23FN4O4. The van der Waals surface area contributed by atoms with Gasteiger partial charge in [-0.1, -0.05) is 42.5 Å². The molecule has 3 aromatic carbocycles. The van der Waals surface area contributed by atoms with Crippen molar-refractivity contribution in [3.05, 3.63) is 111 Å². The van der Waals surface area contributed by atoms with Gasteiger partial charge in [0.25, 0.3) is 5.69 Å². The van der Waals surface area contributed by atoms with E-state index in [1.165, 1.54) is 24.3 Å². The van der Waals surface area contributed by atoms with E-state index in [9.17, 15) is 24.1 Å². The van der Waals surface area contributed by atoms with Crippen LogP contribution in [0.1, 0.15) is 28.4 Å². The van der Waals surface area contributed by atoms with Crippen molar-refractivity contribution in [2.24, 2.45) is 0 Å². The van der Waals surface area contributed by atoms with Gasteiger partial charge in [-0.25, -0.2) is 4.39 Å². The average molecular weight is 499 g/mol. The summed E-state index contributed by atoms with van der Waals surface area (Å²) in [6.07, 6.45) is 0.848. The highest BCUT2D eigenvalue weighted by molar-refractivity contribution is 5.97. The topological polar surface area (TPSA) is 99.5 Å². The van der Waals surface area contributed by atoms with Crippen LogP contribution in [0.3, 0.4) is 0 Å². The molecule has 0 saturated carbocycles. The first kappa shape index (κ1) is 22.9. The van der Waals surface area contributed by atoms with Crippen LogP contribution >= 0.6 is 0 Å². The molecule has 2 aliphatic rings. The Morgan fingerprint density at radius 1 is 1.03 bits per heavy atom. The van der Waals surface area contributed by atoms with Gasteiger partial charge in [-0.05, 0) is 41.3 Å². The minimum absolute atomic E-state index is 0.0750. The lowest BCUT2D eigenvalue weighted by molar-refractivity contribution is -0.384. The molecule has 0 radical (unpaired) electrons. The van der Waals surface area contributed by atoms with E-state index in [-0.39, 0.29) is 29.9 Å². The van der Waals surface area contributed by atoms with Gasteiger partial charge in [-0.2, -0.15) is 0 Å². The van der Waals surface area contributed by atoms with Crippen molar-refractivity contribution in [2.45, 2.75) is 24.9 Å². The summed E-state index contributed by atoms with van der Waals surface area (Å²) in [5.74, 6) is -0.704. The molecule has 4 aromatic rings. The Morgan fingerprint density at radius 2 is 1.81 bits per heavy atom. The van der Waals surface area contributed by atoms with E-state index in [0.29, 0.717) is 24.9 Å². The molecular weight excluding hydrogens is 475 g/mol. The Hall–Kier alpha value is -4.53. The number of nitro benzene ring substituents is 1. The number of nitrogens with one attached hydrogen (secondary N) is 1. The zero-order chi connectivity index (χ0) is 25.7. The molecule has 6 rings (SSSR count). The number of aromatic amines is 1. The molecule has 37 heavy (non-hydrogen) atoms. The molecule has 9 heteroatoms. The van der Waals surface area contributed by atoms with Crippen LogP contribution in [0.2, 0.25) is 0 Å². The number of rotatable bonds is 5. The quantitative estimate of drug-likeness (QED) is 0.330. The number of H-pyrrole nitrogens is 1. The predicted octanol–water partition coefficient (Wildman–Crippen LogP) is 4.14. The normalized spacial score (nSPS) is 19.2. The van der Waals surface area contributed by atoms with Gasteiger partial charge in [0, 0.05) is 41.7 Å². The fourth-order valence-corrected chi connectivity index (χ4v) is 5.58. The van der Waals surface area contributed by atoms with Crippen molar-refractivity contribution in [3.63, 3.8) is 0 Å². The van der Waals surface area contributed by atoms with Crippen molar-refractivity contribution in [1.29, 1.82) is 0 Å². The number of fused-ring (bicyclic) bond motifs is 4. The number of hydrogen-bond donors (Lipinski definition) is 1. The highest BCUT2D eigenvalue weighted by atomic mass is 19.1. The number of nitro groups is 1. The summed E-state index contributed by atoms with van der Waals surface area (Å²) in [5.41, 5.74) is 3.98. The van der Waals surface area contributed by atoms with Gasteiger partial charge in [0.2, 0.25) is 11.8 Å². The van der Waals surface area contributed by atoms with Crippen LogP contribution < -0.4 is 0 Å². The van der Waals surface area contributed by atoms with E-state index in [2.05, 4.69) is 4.98 Å². The number of nitrogens with zero attached hydrogens (tertiary/aromatic N) is 3. The average Bonchev–Trinajstić information content (AvgIpc) is 3.28. The third kappa shape index (κ3) is 3.92. The summed E-state index contributed by atoms with van der Waals surface area (Å²) in [6.45, 7) is 0.250. The van der Waals surface area contributed by atoms with E-state index in [1.54, 1.807) is 34.1 Å². The number of amides is 2. The van der Waals surface area contributed by atoms with Crippen LogP contribution in [0.25, 0.3) is 10.9 Å². The molecule has 2 atom stereocenters. The Balaban J connectivity index is 1.40. The molecule has 0 bridgehead atoms. The summed E-state index contributed by atoms with van der Waals surface area (Å²) in [6, 6.07) is 18.7. The molecule has 8 nitrogen and oxygen atoms in total. The number of para-hydroxylation sites is 1. The number of carbonyl (C=O) groups is 2. The molecule has 186 valence electrons. The first-order valence-electron chi connectivity index (χ1n) is 12.1. The van der Waals surface area contributed by atoms with Gasteiger partial charge >= 0.3 is 0 Å². The molecule has 2 amide bonds. The number of carbonyl (C=O) groups excluding carboxylic acids is 2. The van der Waals surface area contributed by atoms with Gasteiger partial charge in [0.05, 0.1) is 17.5 Å². The van der Waals surface area contributed by atoms with Gasteiger partial charge in [0.1, 0.15) is 11.9 Å². The maximum absolute atomic E-state index is 13.8. The van der Waals surface area contributed by atoms with E-state index in [1.807, 2.05) is 24.3 Å². The minimum atomic E-state index is -0.731. The van der Waals surface area contributed by atoms with Crippen LogP contribution in [0.15, 0.2) is 72.8 Å². The van der Waals surface area contributed by atoms with Crippen molar-refractivity contribution >= 4 is 28.4 Å². The summed E-state index contributed by atoms with van der Waals surface area (Å²) in [7, 11) is 0. The summed E-state index contributed by atoms with van der Waals surface area (Å²) in [4.78, 5) is 45.0. The Morgan fingerprint density at radius 3 is 2.59 bits per heavy atom. The summed E-state index contributed by atoms with van der Waals surface area (Å²) >= 11 is 0. The van der Waals surface area contributed by atoms with Gasteiger partial charge in [-0.15, -0.1) is 0 Å². The number of piperazine rings is 1. The fraction of sp³-hybridized carbons (Fsp3) is 0.214. The SMILES string of the molecule is O=C1[C@@H]2Cc3c([nH]c4ccccc34)[C@H](c3cccc([N+](=O)[O-])c3)N2C(=O)CN1CCc1ccc(F)cc1. The third-order valence-corrected chi connectivity index (χ3v) is 7.32. The maximum Gasteiger partial charge on any atom is 0.269 e. The van der Waals surface area contributed by atoms with Gasteiger partial charge in [-0.3, -0.25) is 19.7 Å². The van der Waals surface area contributed by atoms with Crippen LogP contribution in [-0.4, -0.2) is 50.7 Å². The second kappa shape index (κ2) is 8.85. The smallest absolute Gasteiger partial charge is 0.269 e. The van der Waals surface area contributed by atoms with Gasteiger partial charge in [0.15, 0.2) is 0 Å². The number of aromatic nitrogens is 1. The third-order valence-electron chi connectivity index (χ3n) is 7.32. The number of hydrogen-bond acceptors (Lipinski definition) is 4. The Labute approximate surface area is 211 Å². The first-order valence-corrected chi connectivity index (χ1v) is 12.1. The molecule has 0 unspecified atom stereocenters. The molecule has 2 aliphatic heterocycles. The fourth-order valence-electron chi connectivity index (χ4n) is 5.58. The molecule has 1 aromatic heterocycles. The van der Waals surface area contributed by atoms with Crippen LogP contribution in [0.4, 0.5) is 10.1 Å². The summed E-state index contributed by atoms with van der Waals surface area (Å²) < 4.78 is 13.3. The molecule has 3 heterocycles. The van der Waals surface area contributed by atoms with E-state index in [0.717, 1.165) is 27.7 Å². The van der Waals surface area contributed by atoms with Gasteiger partial charge < -0.3 is 14.8 Å². The number of non-ortho nitro benzene ring substituents is 1. The number of halogens is 1. The van der Waals surface area contributed by atoms with E-state index >= 15 is 0 Å². The van der Waals surface area contributed by atoms with Crippen molar-refractivity contribution < 1.29 is 18.9 Å². The lowest BCUT2D eigenvalue weighted by atomic mass is 9.86. The molecule has 0 spiro atoms. The van der Waals surface area contributed by atoms with Crippen LogP contribution in [0.5, 0.6) is 0 Å². The highest BCUT2D eigenvalue weighted by Crippen LogP contribution is 2.43. The Kier molecular flexibility index (Phi) is 5.48. The standard InChI is InChI=1S/C28H23FN4O4/c29-19-10-8-17(9-11-19)12-13-31-16-25(34)32-24(28(31)35)15-22-21-6-1-2-7-23(21)30-26(22)27(32)18-4-3-5-20(14-18)33(36)37/h1-11,14,24,27,30H,12-13,15-16H2/t24-,27-/m0/s1. The molecule has 1 saturated heterocycles. The van der Waals surface area contributed by atoms with Crippen LogP contribution in [-0.2, 0) is 22.4 Å². The van der Waals surface area contributed by atoms with Crippen molar-refractivity contribution in [2.75, 3.05) is 13.1 Å². The Bertz CT molecular complexity index is 1550. The second-order valence-electron chi connectivity index (χ2n) is 9.47. The second-order valence-corrected chi connectivity index (χ2v) is 9.47. The molecule has 1 N–H and O–H groups in total. The lowest BCUT2D eigenvalue weighted by Crippen LogP contribution is -2.63. The minimum Gasteiger partial charge on any atom is -0.356 e. The highest BCUT2D eigenvalue weighted by Gasteiger charge is 2.48. The zero-order valence-corrected chi connectivity index (χ0v) is 19.8. The van der Waals surface area contributed by atoms with E-state index < -0.39 is 17.0 Å².